The lowest BCUT2D eigenvalue weighted by Crippen LogP contribution is -2.25. The number of rotatable bonds is 8. The number of aromatic nitrogens is 3. The van der Waals surface area contributed by atoms with Gasteiger partial charge in [0.2, 0.25) is 12.7 Å². The lowest BCUT2D eigenvalue weighted by Gasteiger charge is -2.13. The Hall–Kier alpha value is -2.30. The predicted octanol–water partition coefficient (Wildman–Crippen LogP) is 2.38. The third-order valence-electron chi connectivity index (χ3n) is 4.45. The number of nitrogens with zero attached hydrogens (tertiary/aromatic N) is 3. The first-order valence-corrected chi connectivity index (χ1v) is 10.9. The third kappa shape index (κ3) is 8.76. The zero-order chi connectivity index (χ0) is 21.9. The maximum atomic E-state index is 11.8. The average molecular weight is 472 g/mol. The van der Waals surface area contributed by atoms with Crippen LogP contribution < -0.4 is 20.3 Å². The van der Waals surface area contributed by atoms with Crippen LogP contribution in [-0.2, 0) is 11.3 Å². The summed E-state index contributed by atoms with van der Waals surface area (Å²) < 4.78 is 10.5. The van der Waals surface area contributed by atoms with Gasteiger partial charge in [0.15, 0.2) is 16.7 Å². The molecule has 0 bridgehead atoms. The Kier molecular flexibility index (Phi) is 12.0. The number of thioether (sulfide) groups is 1. The van der Waals surface area contributed by atoms with Crippen LogP contribution in [0.15, 0.2) is 28.2 Å². The SMILES string of the molecule is CCN(CC)CC.Cc1nnc(SCC(=O)NCc2ccc3c(c2)OCO3)[nH]c1=O.Cl. The molecule has 0 aliphatic carbocycles. The maximum Gasteiger partial charge on any atom is 0.273 e. The second kappa shape index (κ2) is 13.9. The fourth-order valence-electron chi connectivity index (χ4n) is 2.55. The minimum absolute atomic E-state index is 0. The summed E-state index contributed by atoms with van der Waals surface area (Å²) in [6, 6.07) is 5.51. The maximum absolute atomic E-state index is 11.8. The van der Waals surface area contributed by atoms with E-state index < -0.39 is 0 Å². The number of aromatic amines is 1. The van der Waals surface area contributed by atoms with Crippen molar-refractivity contribution >= 4 is 30.1 Å². The number of carbonyl (C=O) groups is 1. The molecular formula is C20H30ClN5O4S. The fraction of sp³-hybridized carbons (Fsp3) is 0.500. The van der Waals surface area contributed by atoms with Gasteiger partial charge in [-0.05, 0) is 44.3 Å². The minimum Gasteiger partial charge on any atom is -0.454 e. The van der Waals surface area contributed by atoms with Crippen LogP contribution in [0.4, 0.5) is 0 Å². The monoisotopic (exact) mass is 471 g/mol. The number of carbonyl (C=O) groups excluding carboxylic acids is 1. The lowest BCUT2D eigenvalue weighted by atomic mass is 10.2. The van der Waals surface area contributed by atoms with Gasteiger partial charge < -0.3 is 19.7 Å². The molecule has 0 spiro atoms. The van der Waals surface area contributed by atoms with Crippen LogP contribution in [0.25, 0.3) is 0 Å². The van der Waals surface area contributed by atoms with Gasteiger partial charge in [0.25, 0.3) is 5.56 Å². The highest BCUT2D eigenvalue weighted by atomic mass is 35.5. The lowest BCUT2D eigenvalue weighted by molar-refractivity contribution is -0.118. The molecule has 0 atom stereocenters. The van der Waals surface area contributed by atoms with E-state index in [0.29, 0.717) is 28.9 Å². The highest BCUT2D eigenvalue weighted by molar-refractivity contribution is 7.99. The third-order valence-corrected chi connectivity index (χ3v) is 5.31. The van der Waals surface area contributed by atoms with Crippen LogP contribution in [0.2, 0.25) is 0 Å². The molecule has 1 amide bonds. The van der Waals surface area contributed by atoms with Crippen molar-refractivity contribution in [3.05, 3.63) is 39.8 Å². The normalized spacial score (nSPS) is 11.4. The highest BCUT2D eigenvalue weighted by Crippen LogP contribution is 2.32. The molecule has 2 heterocycles. The van der Waals surface area contributed by atoms with E-state index in [4.69, 9.17) is 9.47 Å². The van der Waals surface area contributed by atoms with Crippen LogP contribution in [-0.4, -0.2) is 58.2 Å². The Bertz CT molecular complexity index is 887. The highest BCUT2D eigenvalue weighted by Gasteiger charge is 2.13. The van der Waals surface area contributed by atoms with E-state index in [1.807, 2.05) is 18.2 Å². The summed E-state index contributed by atoms with van der Waals surface area (Å²) in [7, 11) is 0. The first-order chi connectivity index (χ1) is 14.5. The molecule has 1 aliphatic rings. The van der Waals surface area contributed by atoms with Crippen molar-refractivity contribution in [1.29, 1.82) is 0 Å². The number of ether oxygens (including phenoxy) is 2. The number of H-pyrrole nitrogens is 1. The Morgan fingerprint density at radius 1 is 1.16 bits per heavy atom. The van der Waals surface area contributed by atoms with Gasteiger partial charge in [-0.1, -0.05) is 38.6 Å². The Labute approximate surface area is 192 Å². The molecule has 0 fully saturated rings. The molecule has 0 saturated carbocycles. The van der Waals surface area contributed by atoms with Gasteiger partial charge in [0.1, 0.15) is 5.69 Å². The van der Waals surface area contributed by atoms with E-state index in [9.17, 15) is 9.59 Å². The van der Waals surface area contributed by atoms with Crippen molar-refractivity contribution in [2.24, 2.45) is 0 Å². The van der Waals surface area contributed by atoms with Crippen molar-refractivity contribution in [3.63, 3.8) is 0 Å². The molecule has 11 heteroatoms. The summed E-state index contributed by atoms with van der Waals surface area (Å²) in [6.07, 6.45) is 0. The van der Waals surface area contributed by atoms with Gasteiger partial charge >= 0.3 is 0 Å². The van der Waals surface area contributed by atoms with Crippen molar-refractivity contribution in [1.82, 2.24) is 25.4 Å². The van der Waals surface area contributed by atoms with Gasteiger partial charge in [-0.3, -0.25) is 14.6 Å². The molecule has 0 unspecified atom stereocenters. The number of aryl methyl sites for hydroxylation is 1. The van der Waals surface area contributed by atoms with E-state index in [0.717, 1.165) is 17.3 Å². The van der Waals surface area contributed by atoms with E-state index in [1.54, 1.807) is 6.92 Å². The smallest absolute Gasteiger partial charge is 0.273 e. The summed E-state index contributed by atoms with van der Waals surface area (Å²) in [6.45, 7) is 12.3. The molecule has 172 valence electrons. The van der Waals surface area contributed by atoms with Gasteiger partial charge in [-0.15, -0.1) is 22.6 Å². The van der Waals surface area contributed by atoms with Crippen molar-refractivity contribution in [2.75, 3.05) is 32.2 Å². The van der Waals surface area contributed by atoms with Crippen molar-refractivity contribution in [2.45, 2.75) is 39.4 Å². The van der Waals surface area contributed by atoms with Crippen molar-refractivity contribution < 1.29 is 14.3 Å². The van der Waals surface area contributed by atoms with Gasteiger partial charge in [0.05, 0.1) is 5.75 Å². The van der Waals surface area contributed by atoms with Crippen LogP contribution in [0.5, 0.6) is 11.5 Å². The zero-order valence-electron chi connectivity index (χ0n) is 18.3. The number of hydrogen-bond donors (Lipinski definition) is 2. The largest absolute Gasteiger partial charge is 0.454 e. The number of fused-ring (bicyclic) bond motifs is 1. The van der Waals surface area contributed by atoms with Crippen molar-refractivity contribution in [3.8, 4) is 11.5 Å². The molecule has 9 nitrogen and oxygen atoms in total. The summed E-state index contributed by atoms with van der Waals surface area (Å²) in [5.74, 6) is 1.35. The van der Waals surface area contributed by atoms with Crippen LogP contribution in [0.3, 0.4) is 0 Å². The first-order valence-electron chi connectivity index (χ1n) is 9.90. The summed E-state index contributed by atoms with van der Waals surface area (Å²) >= 11 is 1.12. The summed E-state index contributed by atoms with van der Waals surface area (Å²) in [4.78, 5) is 28.2. The van der Waals surface area contributed by atoms with E-state index in [2.05, 4.69) is 46.2 Å². The molecule has 1 aromatic heterocycles. The summed E-state index contributed by atoms with van der Waals surface area (Å²) in [5, 5.41) is 10.6. The molecule has 2 aromatic rings. The molecule has 3 rings (SSSR count). The predicted molar refractivity (Wildman–Crippen MR) is 123 cm³/mol. The summed E-state index contributed by atoms with van der Waals surface area (Å²) in [5.41, 5.74) is 0.904. The Morgan fingerprint density at radius 3 is 2.45 bits per heavy atom. The number of benzene rings is 1. The second-order valence-electron chi connectivity index (χ2n) is 6.42. The number of amides is 1. The molecule has 0 saturated heterocycles. The van der Waals surface area contributed by atoms with Crippen LogP contribution >= 0.6 is 24.2 Å². The Morgan fingerprint density at radius 2 is 1.84 bits per heavy atom. The average Bonchev–Trinajstić information content (AvgIpc) is 3.23. The number of halogens is 1. The van der Waals surface area contributed by atoms with Crippen LogP contribution in [0, 0.1) is 6.92 Å². The second-order valence-corrected chi connectivity index (χ2v) is 7.38. The Balaban J connectivity index is 0.000000523. The van der Waals surface area contributed by atoms with Gasteiger partial charge in [-0.25, -0.2) is 0 Å². The number of nitrogens with one attached hydrogen (secondary N) is 2. The van der Waals surface area contributed by atoms with E-state index in [1.165, 1.54) is 19.6 Å². The first kappa shape index (κ1) is 26.7. The van der Waals surface area contributed by atoms with Crippen LogP contribution in [0.1, 0.15) is 32.0 Å². The van der Waals surface area contributed by atoms with Gasteiger partial charge in [0, 0.05) is 6.54 Å². The van der Waals surface area contributed by atoms with E-state index in [-0.39, 0.29) is 36.4 Å². The molecule has 2 N–H and O–H groups in total. The van der Waals surface area contributed by atoms with E-state index >= 15 is 0 Å². The standard InChI is InChI=1S/C14H14N4O4S.C6H15N.ClH/c1-8-13(20)16-14(18-17-8)23-6-12(19)15-5-9-2-3-10-11(4-9)22-7-21-10;1-4-7(5-2)6-3;/h2-4H,5-7H2,1H3,(H,15,19)(H,16,18,20);4-6H2,1-3H3;1H. The molecule has 1 aromatic carbocycles. The van der Waals surface area contributed by atoms with Gasteiger partial charge in [-0.2, -0.15) is 0 Å². The zero-order valence-corrected chi connectivity index (χ0v) is 19.9. The number of hydrogen-bond acceptors (Lipinski definition) is 8. The molecule has 1 aliphatic heterocycles. The minimum atomic E-state index is -0.303. The topological polar surface area (TPSA) is 109 Å². The molecule has 0 radical (unpaired) electrons. The molecule has 31 heavy (non-hydrogen) atoms. The quantitative estimate of drug-likeness (QED) is 0.565. The molecular weight excluding hydrogens is 442 g/mol. The fourth-order valence-corrected chi connectivity index (χ4v) is 3.18.